The van der Waals surface area contributed by atoms with Crippen molar-refractivity contribution < 1.29 is 9.13 Å². The average Bonchev–Trinajstić information content (AvgIpc) is 3.20. The lowest BCUT2D eigenvalue weighted by molar-refractivity contribution is 0.150. The number of rotatable bonds is 6. The van der Waals surface area contributed by atoms with Crippen molar-refractivity contribution in [3.05, 3.63) is 30.1 Å². The van der Waals surface area contributed by atoms with E-state index < -0.39 is 0 Å². The predicted molar refractivity (Wildman–Crippen MR) is 123 cm³/mol. The standard InChI is InChI=1S/C21H33FN4O.HI/c1-16(27-20-9-5-6-17(22)14-20)15-24-21(23-2)25-18-10-12-26(13-11-18)19-7-3-4-8-19;/h5-6,9,14,16,18-19H,3-4,7-8,10-13,15H2,1-2H3,(H2,23,24,25);1H. The molecule has 1 heterocycles. The van der Waals surface area contributed by atoms with Gasteiger partial charge in [-0.05, 0) is 44.7 Å². The van der Waals surface area contributed by atoms with E-state index in [2.05, 4.69) is 20.5 Å². The lowest BCUT2D eigenvalue weighted by atomic mass is 10.0. The highest BCUT2D eigenvalue weighted by Gasteiger charge is 2.27. The Morgan fingerprint density at radius 2 is 1.96 bits per heavy atom. The lowest BCUT2D eigenvalue weighted by Gasteiger charge is -2.36. The summed E-state index contributed by atoms with van der Waals surface area (Å²) in [6, 6.07) is 7.53. The first kappa shape index (κ1) is 23.2. The second kappa shape index (κ2) is 11.8. The number of nitrogens with zero attached hydrogens (tertiary/aromatic N) is 2. The van der Waals surface area contributed by atoms with Crippen molar-refractivity contribution in [3.8, 4) is 5.75 Å². The highest BCUT2D eigenvalue weighted by atomic mass is 127. The first-order valence-corrected chi connectivity index (χ1v) is 10.3. The largest absolute Gasteiger partial charge is 0.489 e. The van der Waals surface area contributed by atoms with Gasteiger partial charge < -0.3 is 20.3 Å². The highest BCUT2D eigenvalue weighted by Crippen LogP contribution is 2.26. The molecule has 2 aliphatic rings. The molecule has 1 saturated heterocycles. The molecule has 1 aliphatic carbocycles. The van der Waals surface area contributed by atoms with Crippen LogP contribution in [-0.4, -0.2) is 55.7 Å². The minimum atomic E-state index is -0.283. The summed E-state index contributed by atoms with van der Waals surface area (Å²) in [5.74, 6) is 1.07. The Hall–Kier alpha value is -1.09. The Balaban J connectivity index is 0.00000280. The van der Waals surface area contributed by atoms with Crippen LogP contribution in [0.25, 0.3) is 0 Å². The molecule has 158 valence electrons. The number of piperidine rings is 1. The van der Waals surface area contributed by atoms with Crippen molar-refractivity contribution in [2.24, 2.45) is 4.99 Å². The summed E-state index contributed by atoms with van der Waals surface area (Å²) in [5.41, 5.74) is 0. The van der Waals surface area contributed by atoms with Gasteiger partial charge in [0.15, 0.2) is 5.96 Å². The average molecular weight is 504 g/mol. The smallest absolute Gasteiger partial charge is 0.191 e. The zero-order valence-electron chi connectivity index (χ0n) is 17.0. The van der Waals surface area contributed by atoms with Gasteiger partial charge in [-0.1, -0.05) is 18.9 Å². The monoisotopic (exact) mass is 504 g/mol. The lowest BCUT2D eigenvalue weighted by Crippen LogP contribution is -2.51. The number of likely N-dealkylation sites (tertiary alicyclic amines) is 1. The summed E-state index contributed by atoms with van der Waals surface area (Å²) in [4.78, 5) is 7.01. The van der Waals surface area contributed by atoms with Crippen molar-refractivity contribution in [1.29, 1.82) is 0 Å². The molecule has 5 nitrogen and oxygen atoms in total. The van der Waals surface area contributed by atoms with Gasteiger partial charge in [-0.3, -0.25) is 4.99 Å². The summed E-state index contributed by atoms with van der Waals surface area (Å²) in [5, 5.41) is 6.87. The van der Waals surface area contributed by atoms with E-state index in [1.54, 1.807) is 19.2 Å². The van der Waals surface area contributed by atoms with E-state index in [0.29, 0.717) is 18.3 Å². The maximum atomic E-state index is 13.2. The molecule has 0 spiro atoms. The molecule has 0 bridgehead atoms. The first-order valence-electron chi connectivity index (χ1n) is 10.3. The van der Waals surface area contributed by atoms with Gasteiger partial charge in [-0.2, -0.15) is 0 Å². The topological polar surface area (TPSA) is 48.9 Å². The van der Waals surface area contributed by atoms with Crippen LogP contribution in [0.4, 0.5) is 4.39 Å². The number of hydrogen-bond donors (Lipinski definition) is 2. The van der Waals surface area contributed by atoms with Gasteiger partial charge in [-0.25, -0.2) is 4.39 Å². The molecule has 0 amide bonds. The third-order valence-electron chi connectivity index (χ3n) is 5.63. The Morgan fingerprint density at radius 1 is 1.25 bits per heavy atom. The van der Waals surface area contributed by atoms with Crippen molar-refractivity contribution in [2.45, 2.75) is 63.6 Å². The predicted octanol–water partition coefficient (Wildman–Crippen LogP) is 3.78. The van der Waals surface area contributed by atoms with Crippen molar-refractivity contribution >= 4 is 29.9 Å². The SMILES string of the molecule is CN=C(NCC(C)Oc1cccc(F)c1)NC1CCN(C2CCCC2)CC1.I. The van der Waals surface area contributed by atoms with Gasteiger partial charge in [0.1, 0.15) is 17.7 Å². The Labute approximate surface area is 185 Å². The van der Waals surface area contributed by atoms with Gasteiger partial charge in [0.05, 0.1) is 6.54 Å². The number of hydrogen-bond acceptors (Lipinski definition) is 3. The van der Waals surface area contributed by atoms with E-state index in [9.17, 15) is 4.39 Å². The van der Waals surface area contributed by atoms with Crippen LogP contribution >= 0.6 is 24.0 Å². The van der Waals surface area contributed by atoms with Crippen LogP contribution in [0.2, 0.25) is 0 Å². The summed E-state index contributed by atoms with van der Waals surface area (Å²) in [7, 11) is 1.79. The van der Waals surface area contributed by atoms with Gasteiger partial charge in [-0.15, -0.1) is 24.0 Å². The molecule has 3 rings (SSSR count). The minimum Gasteiger partial charge on any atom is -0.489 e. The fraction of sp³-hybridized carbons (Fsp3) is 0.667. The fourth-order valence-corrected chi connectivity index (χ4v) is 4.12. The van der Waals surface area contributed by atoms with E-state index in [0.717, 1.165) is 24.8 Å². The van der Waals surface area contributed by atoms with Crippen molar-refractivity contribution in [3.63, 3.8) is 0 Å². The number of nitrogens with one attached hydrogen (secondary N) is 2. The normalized spacial score (nSPS) is 20.5. The van der Waals surface area contributed by atoms with Crippen molar-refractivity contribution in [1.82, 2.24) is 15.5 Å². The second-order valence-corrected chi connectivity index (χ2v) is 7.73. The van der Waals surface area contributed by atoms with E-state index in [-0.39, 0.29) is 35.9 Å². The third-order valence-corrected chi connectivity index (χ3v) is 5.63. The van der Waals surface area contributed by atoms with Gasteiger partial charge in [0.25, 0.3) is 0 Å². The van der Waals surface area contributed by atoms with Gasteiger partial charge in [0, 0.05) is 38.3 Å². The van der Waals surface area contributed by atoms with Gasteiger partial charge in [0.2, 0.25) is 0 Å². The number of guanidine groups is 1. The molecular weight excluding hydrogens is 470 g/mol. The quantitative estimate of drug-likeness (QED) is 0.352. The third kappa shape index (κ3) is 7.06. The fourth-order valence-electron chi connectivity index (χ4n) is 4.12. The summed E-state index contributed by atoms with van der Waals surface area (Å²) in [6.07, 6.45) is 7.79. The molecule has 1 aromatic carbocycles. The van der Waals surface area contributed by atoms with Crippen LogP contribution in [-0.2, 0) is 0 Å². The number of ether oxygens (including phenoxy) is 1. The number of benzene rings is 1. The molecule has 2 N–H and O–H groups in total. The van der Waals surface area contributed by atoms with Crippen LogP contribution in [0.15, 0.2) is 29.3 Å². The Kier molecular flexibility index (Phi) is 9.77. The summed E-state index contributed by atoms with van der Waals surface area (Å²) < 4.78 is 19.0. The molecule has 2 fully saturated rings. The molecule has 1 aliphatic heterocycles. The van der Waals surface area contributed by atoms with Gasteiger partial charge >= 0.3 is 0 Å². The molecule has 1 aromatic rings. The molecule has 0 radical (unpaired) electrons. The van der Waals surface area contributed by atoms with Crippen LogP contribution in [0.3, 0.4) is 0 Å². The highest BCUT2D eigenvalue weighted by molar-refractivity contribution is 14.0. The Bertz CT molecular complexity index is 616. The number of aliphatic imine (C=N–C) groups is 1. The summed E-state index contributed by atoms with van der Waals surface area (Å²) in [6.45, 7) is 4.93. The molecular formula is C21H34FIN4O. The molecule has 1 saturated carbocycles. The van der Waals surface area contributed by atoms with E-state index in [4.69, 9.17) is 4.74 Å². The van der Waals surface area contributed by atoms with Crippen LogP contribution < -0.4 is 15.4 Å². The minimum absolute atomic E-state index is 0. The molecule has 7 heteroatoms. The van der Waals surface area contributed by atoms with Crippen LogP contribution in [0, 0.1) is 5.82 Å². The van der Waals surface area contributed by atoms with E-state index >= 15 is 0 Å². The van der Waals surface area contributed by atoms with Crippen molar-refractivity contribution in [2.75, 3.05) is 26.7 Å². The van der Waals surface area contributed by atoms with Crippen LogP contribution in [0.1, 0.15) is 45.4 Å². The zero-order valence-corrected chi connectivity index (χ0v) is 19.3. The maximum absolute atomic E-state index is 13.2. The van der Waals surface area contributed by atoms with E-state index in [1.165, 1.54) is 50.9 Å². The zero-order chi connectivity index (χ0) is 19.1. The summed E-state index contributed by atoms with van der Waals surface area (Å²) >= 11 is 0. The second-order valence-electron chi connectivity index (χ2n) is 7.73. The first-order chi connectivity index (χ1) is 13.1. The van der Waals surface area contributed by atoms with E-state index in [1.807, 2.05) is 6.92 Å². The number of halogens is 2. The Morgan fingerprint density at radius 3 is 2.61 bits per heavy atom. The molecule has 0 aromatic heterocycles. The maximum Gasteiger partial charge on any atom is 0.191 e. The molecule has 1 atom stereocenters. The molecule has 1 unspecified atom stereocenters. The van der Waals surface area contributed by atoms with Crippen LogP contribution in [0.5, 0.6) is 5.75 Å². The molecule has 28 heavy (non-hydrogen) atoms.